The number of hydrogen-bond acceptors (Lipinski definition) is 2. The van der Waals surface area contributed by atoms with Gasteiger partial charge in [-0.3, -0.25) is 0 Å². The van der Waals surface area contributed by atoms with Crippen molar-refractivity contribution in [2.75, 3.05) is 0 Å². The monoisotopic (exact) mass is 312 g/mol. The minimum absolute atomic E-state index is 0.134. The first kappa shape index (κ1) is 17.4. The second-order valence-electron chi connectivity index (χ2n) is 5.55. The molecule has 0 bridgehead atoms. The maximum Gasteiger partial charge on any atom is 0.264 e. The van der Waals surface area contributed by atoms with Crippen LogP contribution in [0.4, 0.5) is 8.78 Å². The third kappa shape index (κ3) is 4.43. The second-order valence-corrected chi connectivity index (χ2v) is 7.45. The van der Waals surface area contributed by atoms with Gasteiger partial charge in [0, 0.05) is 11.1 Å². The summed E-state index contributed by atoms with van der Waals surface area (Å²) in [5, 5.41) is 8.85. The molecule has 0 heterocycles. The molecule has 1 aromatic rings. The first-order chi connectivity index (χ1) is 9.68. The Bertz CT molecular complexity index is 613. The number of nitriles is 1. The summed E-state index contributed by atoms with van der Waals surface area (Å²) in [4.78, 5) is 0. The fourth-order valence-electron chi connectivity index (χ4n) is 1.73. The third-order valence-corrected chi connectivity index (χ3v) is 4.32. The first-order valence-corrected chi connectivity index (χ1v) is 7.53. The Morgan fingerprint density at radius 3 is 2.52 bits per heavy atom. The van der Waals surface area contributed by atoms with Crippen LogP contribution in [0.5, 0.6) is 0 Å². The summed E-state index contributed by atoms with van der Waals surface area (Å²) >= 11 is 0. The number of hydrogen-bond donors (Lipinski definition) is 0. The normalized spacial score (nSPS) is 14.1. The van der Waals surface area contributed by atoms with Crippen LogP contribution in [-0.4, -0.2) is 14.7 Å². The van der Waals surface area contributed by atoms with E-state index in [4.69, 9.17) is 5.26 Å². The van der Waals surface area contributed by atoms with Crippen LogP contribution < -0.4 is 0 Å². The van der Waals surface area contributed by atoms with E-state index in [2.05, 4.69) is 4.40 Å². The minimum Gasteiger partial charge on any atom is -0.234 e. The quantitative estimate of drug-likeness (QED) is 0.790. The Kier molecular flexibility index (Phi) is 5.73. The maximum absolute atomic E-state index is 13.0. The summed E-state index contributed by atoms with van der Waals surface area (Å²) < 4.78 is 41.7. The summed E-state index contributed by atoms with van der Waals surface area (Å²) in [6, 6.07) is 6.31. The van der Waals surface area contributed by atoms with Crippen molar-refractivity contribution in [1.82, 2.24) is 0 Å². The molecule has 0 amide bonds. The topological polar surface area (TPSA) is 53.2 Å². The van der Waals surface area contributed by atoms with Crippen molar-refractivity contribution in [3.8, 4) is 6.07 Å². The Morgan fingerprint density at radius 1 is 1.43 bits per heavy atom. The first-order valence-electron chi connectivity index (χ1n) is 6.43. The van der Waals surface area contributed by atoms with Crippen molar-refractivity contribution >= 4 is 16.7 Å². The molecule has 114 valence electrons. The molecule has 0 aliphatic rings. The fraction of sp³-hybridized carbons (Fsp3) is 0.467. The summed E-state index contributed by atoms with van der Waals surface area (Å²) in [6.07, 6.45) is -2.79. The van der Waals surface area contributed by atoms with Crippen molar-refractivity contribution in [1.29, 1.82) is 5.26 Å². The zero-order chi connectivity index (χ0) is 16.2. The smallest absolute Gasteiger partial charge is 0.234 e. The molecule has 3 nitrogen and oxygen atoms in total. The molecule has 0 saturated heterocycles. The lowest BCUT2D eigenvalue weighted by Gasteiger charge is -2.16. The van der Waals surface area contributed by atoms with Gasteiger partial charge in [0.15, 0.2) is 0 Å². The van der Waals surface area contributed by atoms with Crippen molar-refractivity contribution in [2.24, 2.45) is 4.40 Å². The molecule has 0 fully saturated rings. The van der Waals surface area contributed by atoms with Gasteiger partial charge in [0.05, 0.1) is 22.9 Å². The number of rotatable bonds is 4. The third-order valence-electron chi connectivity index (χ3n) is 2.84. The molecule has 0 spiro atoms. The Balaban J connectivity index is 3.37. The van der Waals surface area contributed by atoms with E-state index in [1.165, 1.54) is 12.1 Å². The van der Waals surface area contributed by atoms with Crippen LogP contribution >= 0.6 is 0 Å². The van der Waals surface area contributed by atoms with E-state index in [0.717, 1.165) is 0 Å². The number of alkyl halides is 2. The molecule has 0 N–H and O–H groups in total. The average molecular weight is 312 g/mol. The van der Waals surface area contributed by atoms with E-state index in [9.17, 15) is 13.0 Å². The van der Waals surface area contributed by atoms with Crippen LogP contribution in [0.3, 0.4) is 0 Å². The molecule has 6 heteroatoms. The molecule has 1 atom stereocenters. The van der Waals surface area contributed by atoms with Crippen LogP contribution in [0.2, 0.25) is 0 Å². The molecule has 0 aliphatic carbocycles. The van der Waals surface area contributed by atoms with Crippen molar-refractivity contribution in [2.45, 2.75) is 45.3 Å². The van der Waals surface area contributed by atoms with Gasteiger partial charge in [-0.25, -0.2) is 13.0 Å². The zero-order valence-electron chi connectivity index (χ0n) is 12.5. The largest absolute Gasteiger partial charge is 0.264 e. The molecule has 0 saturated carbocycles. The van der Waals surface area contributed by atoms with E-state index < -0.39 is 22.2 Å². The van der Waals surface area contributed by atoms with Gasteiger partial charge in [-0.15, -0.1) is 0 Å². The predicted octanol–water partition coefficient (Wildman–Crippen LogP) is 3.96. The van der Waals surface area contributed by atoms with Gasteiger partial charge in [0.1, 0.15) is 11.0 Å². The average Bonchev–Trinajstić information content (AvgIpc) is 2.37. The Labute approximate surface area is 126 Å². The lowest BCUT2D eigenvalue weighted by molar-refractivity contribution is 0.150. The summed E-state index contributed by atoms with van der Waals surface area (Å²) in [5.41, 5.74) is 0.926. The van der Waals surface area contributed by atoms with Gasteiger partial charge in [-0.05, 0) is 33.3 Å². The van der Waals surface area contributed by atoms with Gasteiger partial charge >= 0.3 is 0 Å². The number of halogens is 2. The highest BCUT2D eigenvalue weighted by atomic mass is 32.2. The van der Waals surface area contributed by atoms with E-state index in [0.29, 0.717) is 11.3 Å². The Morgan fingerprint density at radius 2 is 2.05 bits per heavy atom. The molecule has 21 heavy (non-hydrogen) atoms. The summed E-state index contributed by atoms with van der Waals surface area (Å²) in [6.45, 7) is 6.97. The maximum atomic E-state index is 13.0. The highest BCUT2D eigenvalue weighted by Gasteiger charge is 2.21. The standard InChI is InChI=1S/C15H18F2N2OS/c1-10(19-21(20)15(2,3)4)11-6-5-7-13(14(16)17)12(11)8-9-18/h5-7,14H,8H2,1-4H3. The van der Waals surface area contributed by atoms with Crippen LogP contribution in [0.15, 0.2) is 22.6 Å². The molecule has 0 radical (unpaired) electrons. The second kappa shape index (κ2) is 6.90. The molecular formula is C15H18F2N2OS. The zero-order valence-corrected chi connectivity index (χ0v) is 13.3. The highest BCUT2D eigenvalue weighted by molar-refractivity contribution is 7.85. The van der Waals surface area contributed by atoms with Crippen molar-refractivity contribution in [3.05, 3.63) is 34.9 Å². The Hall–Kier alpha value is -1.61. The SMILES string of the molecule is CC(=NS(=O)C(C)(C)C)c1cccc(C(F)F)c1CC#N. The molecular weight excluding hydrogens is 294 g/mol. The van der Waals surface area contributed by atoms with Crippen LogP contribution in [0.1, 0.15) is 50.8 Å². The summed E-state index contributed by atoms with van der Waals surface area (Å²) in [7, 11) is -1.48. The van der Waals surface area contributed by atoms with Crippen molar-refractivity contribution < 1.29 is 13.0 Å². The molecule has 1 unspecified atom stereocenters. The minimum atomic E-state index is -2.66. The van der Waals surface area contributed by atoms with Crippen molar-refractivity contribution in [3.63, 3.8) is 0 Å². The van der Waals surface area contributed by atoms with Crippen LogP contribution in [0.25, 0.3) is 0 Å². The fourth-order valence-corrected chi connectivity index (χ4v) is 2.36. The molecule has 0 aromatic heterocycles. The summed E-state index contributed by atoms with van der Waals surface area (Å²) in [5.74, 6) is 0. The van der Waals surface area contributed by atoms with Crippen LogP contribution in [0, 0.1) is 11.3 Å². The predicted molar refractivity (Wildman–Crippen MR) is 80.8 cm³/mol. The molecule has 1 rings (SSSR count). The molecule has 1 aromatic carbocycles. The highest BCUT2D eigenvalue weighted by Crippen LogP contribution is 2.27. The van der Waals surface area contributed by atoms with E-state index in [1.54, 1.807) is 33.8 Å². The van der Waals surface area contributed by atoms with E-state index >= 15 is 0 Å². The van der Waals surface area contributed by atoms with Gasteiger partial charge < -0.3 is 0 Å². The van der Waals surface area contributed by atoms with E-state index in [-0.39, 0.29) is 17.5 Å². The van der Waals surface area contributed by atoms with Gasteiger partial charge in [-0.1, -0.05) is 18.2 Å². The van der Waals surface area contributed by atoms with Gasteiger partial charge in [-0.2, -0.15) is 9.66 Å². The number of benzene rings is 1. The molecule has 0 aliphatic heterocycles. The van der Waals surface area contributed by atoms with Crippen LogP contribution in [-0.2, 0) is 17.4 Å². The lowest BCUT2D eigenvalue weighted by Crippen LogP contribution is -2.21. The number of nitrogens with zero attached hydrogens (tertiary/aromatic N) is 2. The van der Waals surface area contributed by atoms with Gasteiger partial charge in [0.25, 0.3) is 6.43 Å². The lowest BCUT2D eigenvalue weighted by atomic mass is 9.96. The van der Waals surface area contributed by atoms with E-state index in [1.807, 2.05) is 6.07 Å². The van der Waals surface area contributed by atoms with Gasteiger partial charge in [0.2, 0.25) is 0 Å².